The van der Waals surface area contributed by atoms with Crippen LogP contribution in [0.3, 0.4) is 0 Å². The van der Waals surface area contributed by atoms with Crippen molar-refractivity contribution in [3.8, 4) is 11.1 Å². The first-order chi connectivity index (χ1) is 21.3. The fourth-order valence-electron chi connectivity index (χ4n) is 6.45. The molecule has 3 heteroatoms. The molecule has 2 nitrogen and oxygen atoms in total. The Bertz CT molecular complexity index is 2440. The normalized spacial score (nSPS) is 11.7. The third-order valence-corrected chi connectivity index (χ3v) is 9.57. The summed E-state index contributed by atoms with van der Waals surface area (Å²) in [5, 5.41) is 7.27. The van der Waals surface area contributed by atoms with Crippen LogP contribution in [0.2, 0.25) is 0 Å². The molecular weight excluding hydrogens is 543 g/mol. The highest BCUT2D eigenvalue weighted by atomic mass is 32.1. The van der Waals surface area contributed by atoms with E-state index in [2.05, 4.69) is 157 Å². The molecule has 0 unspecified atom stereocenters. The van der Waals surface area contributed by atoms with Gasteiger partial charge in [0, 0.05) is 53.4 Å². The maximum Gasteiger partial charge on any atom is 0.143 e. The number of thiophene rings is 1. The zero-order valence-electron chi connectivity index (χ0n) is 23.2. The van der Waals surface area contributed by atoms with Gasteiger partial charge < -0.3 is 9.32 Å². The van der Waals surface area contributed by atoms with Gasteiger partial charge in [0.05, 0.1) is 0 Å². The maximum absolute atomic E-state index is 6.51. The first kappa shape index (κ1) is 24.2. The van der Waals surface area contributed by atoms with Crippen LogP contribution >= 0.6 is 11.3 Å². The van der Waals surface area contributed by atoms with Crippen molar-refractivity contribution >= 4 is 81.3 Å². The van der Waals surface area contributed by atoms with Crippen LogP contribution in [0.4, 0.5) is 17.1 Å². The molecule has 0 saturated carbocycles. The van der Waals surface area contributed by atoms with Crippen LogP contribution in [0.15, 0.2) is 156 Å². The van der Waals surface area contributed by atoms with E-state index in [0.717, 1.165) is 33.6 Å². The molecule has 0 spiro atoms. The Morgan fingerprint density at radius 3 is 1.95 bits per heavy atom. The van der Waals surface area contributed by atoms with E-state index in [9.17, 15) is 0 Å². The van der Waals surface area contributed by atoms with Crippen molar-refractivity contribution in [1.29, 1.82) is 0 Å². The number of para-hydroxylation sites is 1. The highest BCUT2D eigenvalue weighted by molar-refractivity contribution is 7.26. The topological polar surface area (TPSA) is 16.4 Å². The van der Waals surface area contributed by atoms with E-state index in [4.69, 9.17) is 4.42 Å². The Morgan fingerprint density at radius 1 is 0.442 bits per heavy atom. The molecule has 9 rings (SSSR count). The lowest BCUT2D eigenvalue weighted by atomic mass is 10.0. The molecule has 0 fully saturated rings. The average Bonchev–Trinajstić information content (AvgIpc) is 3.64. The first-order valence-electron chi connectivity index (χ1n) is 14.5. The van der Waals surface area contributed by atoms with Gasteiger partial charge in [0.1, 0.15) is 11.2 Å². The van der Waals surface area contributed by atoms with Crippen molar-refractivity contribution in [2.24, 2.45) is 0 Å². The fourth-order valence-corrected chi connectivity index (χ4v) is 7.59. The first-order valence-corrected chi connectivity index (χ1v) is 15.3. The van der Waals surface area contributed by atoms with Crippen LogP contribution in [0.1, 0.15) is 0 Å². The molecule has 2 aromatic heterocycles. The molecule has 0 aliphatic heterocycles. The molecule has 9 aromatic rings. The zero-order valence-corrected chi connectivity index (χ0v) is 24.0. The Morgan fingerprint density at radius 2 is 1.12 bits per heavy atom. The smallest absolute Gasteiger partial charge is 0.143 e. The van der Waals surface area contributed by atoms with Gasteiger partial charge in [-0.2, -0.15) is 0 Å². The highest BCUT2D eigenvalue weighted by Crippen LogP contribution is 2.46. The largest absolute Gasteiger partial charge is 0.455 e. The average molecular weight is 568 g/mol. The van der Waals surface area contributed by atoms with Crippen molar-refractivity contribution < 1.29 is 4.42 Å². The molecule has 0 radical (unpaired) electrons. The summed E-state index contributed by atoms with van der Waals surface area (Å²) >= 11 is 1.85. The van der Waals surface area contributed by atoms with E-state index in [0.29, 0.717) is 0 Å². The predicted molar refractivity (Wildman–Crippen MR) is 184 cm³/mol. The molecule has 0 bridgehead atoms. The van der Waals surface area contributed by atoms with Gasteiger partial charge in [0.15, 0.2) is 0 Å². The number of hydrogen-bond acceptors (Lipinski definition) is 3. The molecule has 2 heterocycles. The third kappa shape index (κ3) is 3.86. The summed E-state index contributed by atoms with van der Waals surface area (Å²) in [6.07, 6.45) is 0. The highest BCUT2D eigenvalue weighted by Gasteiger charge is 2.19. The molecule has 0 amide bonds. The van der Waals surface area contributed by atoms with Crippen molar-refractivity contribution in [3.63, 3.8) is 0 Å². The van der Waals surface area contributed by atoms with Crippen LogP contribution in [0.25, 0.3) is 64.0 Å². The van der Waals surface area contributed by atoms with Crippen LogP contribution < -0.4 is 4.90 Å². The lowest BCUT2D eigenvalue weighted by molar-refractivity contribution is 0.673. The summed E-state index contributed by atoms with van der Waals surface area (Å²) in [6, 6.07) is 54.1. The number of furan rings is 1. The van der Waals surface area contributed by atoms with E-state index < -0.39 is 0 Å². The number of nitrogens with zero attached hydrogens (tertiary/aromatic N) is 1. The van der Waals surface area contributed by atoms with Crippen molar-refractivity contribution in [3.05, 3.63) is 152 Å². The second-order valence-electron chi connectivity index (χ2n) is 10.9. The van der Waals surface area contributed by atoms with Gasteiger partial charge in [-0.15, -0.1) is 11.3 Å². The van der Waals surface area contributed by atoms with E-state index in [-0.39, 0.29) is 0 Å². The molecule has 0 saturated heterocycles. The zero-order chi connectivity index (χ0) is 28.3. The van der Waals surface area contributed by atoms with Gasteiger partial charge in [-0.3, -0.25) is 0 Å². The molecule has 43 heavy (non-hydrogen) atoms. The quantitative estimate of drug-likeness (QED) is 0.210. The van der Waals surface area contributed by atoms with Crippen LogP contribution in [-0.4, -0.2) is 0 Å². The molecule has 0 N–H and O–H groups in total. The predicted octanol–water partition coefficient (Wildman–Crippen LogP) is 12.2. The summed E-state index contributed by atoms with van der Waals surface area (Å²) in [7, 11) is 0. The standard InChI is InChI=1S/C40H25NOS/c1-3-9-26(10-4-1)27-15-18-30(19-16-27)41(29-12-5-2-6-13-29)31-20-22-33-37(25-31)43-36-24-23-35-38(39(33)36)34-21-17-28-11-7-8-14-32(28)40(34)42-35/h1-25H. The number of benzene rings is 7. The molecule has 7 aromatic carbocycles. The van der Waals surface area contributed by atoms with E-state index in [1.165, 1.54) is 47.5 Å². The van der Waals surface area contributed by atoms with Crippen molar-refractivity contribution in [2.45, 2.75) is 0 Å². The monoisotopic (exact) mass is 567 g/mol. The van der Waals surface area contributed by atoms with Crippen LogP contribution in [-0.2, 0) is 0 Å². The van der Waals surface area contributed by atoms with Gasteiger partial charge in [-0.25, -0.2) is 0 Å². The Balaban J connectivity index is 1.22. The summed E-state index contributed by atoms with van der Waals surface area (Å²) in [4.78, 5) is 2.34. The molecular formula is C40H25NOS. The number of rotatable bonds is 4. The van der Waals surface area contributed by atoms with E-state index in [1.807, 2.05) is 11.3 Å². The lowest BCUT2D eigenvalue weighted by Crippen LogP contribution is -2.09. The minimum atomic E-state index is 0.937. The second kappa shape index (κ2) is 9.59. The molecule has 202 valence electrons. The lowest BCUT2D eigenvalue weighted by Gasteiger charge is -2.25. The minimum absolute atomic E-state index is 0.937. The SMILES string of the molecule is c1ccc(-c2ccc(N(c3ccccc3)c3ccc4c(c3)sc3ccc5oc6c7ccccc7ccc6c5c34)cc2)cc1. The Labute approximate surface area is 252 Å². The van der Waals surface area contributed by atoms with Gasteiger partial charge >= 0.3 is 0 Å². The summed E-state index contributed by atoms with van der Waals surface area (Å²) in [5.41, 5.74) is 7.72. The minimum Gasteiger partial charge on any atom is -0.455 e. The number of fused-ring (bicyclic) bond motifs is 9. The van der Waals surface area contributed by atoms with E-state index >= 15 is 0 Å². The molecule has 0 atom stereocenters. The van der Waals surface area contributed by atoms with E-state index in [1.54, 1.807) is 0 Å². The van der Waals surface area contributed by atoms with Crippen LogP contribution in [0, 0.1) is 0 Å². The summed E-state index contributed by atoms with van der Waals surface area (Å²) in [5.74, 6) is 0. The Kier molecular flexibility index (Phi) is 5.40. The Hall–Kier alpha value is -5.38. The fraction of sp³-hybridized carbons (Fsp3) is 0. The van der Waals surface area contributed by atoms with Crippen molar-refractivity contribution in [1.82, 2.24) is 0 Å². The maximum atomic E-state index is 6.51. The molecule has 0 aliphatic carbocycles. The number of hydrogen-bond donors (Lipinski definition) is 0. The summed E-state index contributed by atoms with van der Waals surface area (Å²) in [6.45, 7) is 0. The van der Waals surface area contributed by atoms with Crippen molar-refractivity contribution in [2.75, 3.05) is 4.90 Å². The third-order valence-electron chi connectivity index (χ3n) is 8.45. The number of anilines is 3. The van der Waals surface area contributed by atoms with Gasteiger partial charge in [0.2, 0.25) is 0 Å². The second-order valence-corrected chi connectivity index (χ2v) is 12.0. The summed E-state index contributed by atoms with van der Waals surface area (Å²) < 4.78 is 9.04. The van der Waals surface area contributed by atoms with Gasteiger partial charge in [0.25, 0.3) is 0 Å². The van der Waals surface area contributed by atoms with Gasteiger partial charge in [-0.05, 0) is 71.1 Å². The molecule has 0 aliphatic rings. The van der Waals surface area contributed by atoms with Crippen LogP contribution in [0.5, 0.6) is 0 Å². The van der Waals surface area contributed by atoms with Gasteiger partial charge in [-0.1, -0.05) is 97.1 Å².